The number of imidazole rings is 1. The van der Waals surface area contributed by atoms with Crippen molar-refractivity contribution in [3.05, 3.63) is 64.7 Å². The zero-order chi connectivity index (χ0) is 26.4. The fourth-order valence-corrected chi connectivity index (χ4v) is 5.26. The lowest BCUT2D eigenvalue weighted by Gasteiger charge is -2.23. The van der Waals surface area contributed by atoms with Gasteiger partial charge < -0.3 is 19.3 Å². The highest BCUT2D eigenvalue weighted by Crippen LogP contribution is 2.41. The number of carbonyl (C=O) groups is 1. The van der Waals surface area contributed by atoms with Crippen LogP contribution in [0.2, 0.25) is 5.02 Å². The Balaban J connectivity index is 1.43. The normalized spacial score (nSPS) is 18.2. The van der Waals surface area contributed by atoms with E-state index in [2.05, 4.69) is 21.9 Å². The number of benzene rings is 1. The standard InChI is InChI=1S/C28H29ClN6O3/c1-17-7-10-30-19(12-17)14-35-24(33-23-25(35)31-16-32-26(23)38-28(2)8-9-28)21-6-5-18(13-22(21)29)27(37)34-11-3-4-20(34)15-36/h5-7,10,12-13,16,20,36H,3-4,8-9,11,14-15H2,1-2H3/t20-/m1/s1. The van der Waals surface area contributed by atoms with Crippen LogP contribution in [0.3, 0.4) is 0 Å². The molecular formula is C28H29ClN6O3. The third kappa shape index (κ3) is 4.61. The summed E-state index contributed by atoms with van der Waals surface area (Å²) in [6.45, 7) is 5.09. The Bertz CT molecular complexity index is 1530. The van der Waals surface area contributed by atoms with E-state index in [0.29, 0.717) is 52.1 Å². The lowest BCUT2D eigenvalue weighted by Crippen LogP contribution is -2.37. The molecule has 0 unspecified atom stereocenters. The molecule has 10 heteroatoms. The van der Waals surface area contributed by atoms with Crippen LogP contribution in [0, 0.1) is 6.92 Å². The van der Waals surface area contributed by atoms with E-state index in [1.807, 2.05) is 29.7 Å². The molecule has 1 amide bonds. The molecule has 2 fully saturated rings. The number of amides is 1. The molecule has 3 aromatic heterocycles. The Morgan fingerprint density at radius 1 is 1.21 bits per heavy atom. The third-order valence-electron chi connectivity index (χ3n) is 7.39. The summed E-state index contributed by atoms with van der Waals surface area (Å²) in [7, 11) is 0. The fraction of sp³-hybridized carbons (Fsp3) is 0.393. The second-order valence-electron chi connectivity index (χ2n) is 10.4. The molecule has 0 radical (unpaired) electrons. The number of aliphatic hydroxyl groups is 1. The van der Waals surface area contributed by atoms with Crippen molar-refractivity contribution in [1.82, 2.24) is 29.4 Å². The van der Waals surface area contributed by atoms with Gasteiger partial charge in [0, 0.05) is 23.9 Å². The molecular weight excluding hydrogens is 504 g/mol. The number of hydrogen-bond acceptors (Lipinski definition) is 7. The van der Waals surface area contributed by atoms with Crippen molar-refractivity contribution >= 4 is 28.7 Å². The van der Waals surface area contributed by atoms with Crippen LogP contribution in [0.5, 0.6) is 5.88 Å². The van der Waals surface area contributed by atoms with Gasteiger partial charge >= 0.3 is 0 Å². The molecule has 6 rings (SSSR count). The van der Waals surface area contributed by atoms with Crippen molar-refractivity contribution in [2.24, 2.45) is 0 Å². The Labute approximate surface area is 225 Å². The highest BCUT2D eigenvalue weighted by molar-refractivity contribution is 6.33. The summed E-state index contributed by atoms with van der Waals surface area (Å²) in [5, 5.41) is 10.1. The van der Waals surface area contributed by atoms with Crippen molar-refractivity contribution in [3.63, 3.8) is 0 Å². The number of nitrogens with zero attached hydrogens (tertiary/aromatic N) is 6. The van der Waals surface area contributed by atoms with E-state index in [1.54, 1.807) is 23.2 Å². The molecule has 1 saturated carbocycles. The summed E-state index contributed by atoms with van der Waals surface area (Å²) < 4.78 is 8.18. The van der Waals surface area contributed by atoms with Crippen molar-refractivity contribution in [2.45, 2.75) is 57.7 Å². The first-order valence-corrected chi connectivity index (χ1v) is 13.3. The Morgan fingerprint density at radius 2 is 2.05 bits per heavy atom. The monoisotopic (exact) mass is 532 g/mol. The molecule has 1 saturated heterocycles. The van der Waals surface area contributed by atoms with E-state index < -0.39 is 0 Å². The lowest BCUT2D eigenvalue weighted by molar-refractivity contribution is 0.0677. The Hall–Kier alpha value is -3.56. The van der Waals surface area contributed by atoms with E-state index in [0.717, 1.165) is 36.9 Å². The number of aliphatic hydroxyl groups excluding tert-OH is 1. The van der Waals surface area contributed by atoms with Gasteiger partial charge in [-0.25, -0.2) is 9.97 Å². The van der Waals surface area contributed by atoms with Gasteiger partial charge in [-0.3, -0.25) is 9.78 Å². The molecule has 38 heavy (non-hydrogen) atoms. The number of fused-ring (bicyclic) bond motifs is 1. The summed E-state index contributed by atoms with van der Waals surface area (Å²) in [6, 6.07) is 9.08. The molecule has 2 aliphatic rings. The Morgan fingerprint density at radius 3 is 2.79 bits per heavy atom. The average molecular weight is 533 g/mol. The van der Waals surface area contributed by atoms with Gasteiger partial charge in [0.25, 0.3) is 5.91 Å². The van der Waals surface area contributed by atoms with E-state index in [4.69, 9.17) is 21.3 Å². The first-order chi connectivity index (χ1) is 18.3. The number of aromatic nitrogens is 5. The molecule has 1 N–H and O–H groups in total. The molecule has 1 aromatic carbocycles. The van der Waals surface area contributed by atoms with E-state index in [1.165, 1.54) is 6.33 Å². The number of carbonyl (C=O) groups excluding carboxylic acids is 1. The maximum atomic E-state index is 13.2. The smallest absolute Gasteiger partial charge is 0.254 e. The van der Waals surface area contributed by atoms with Gasteiger partial charge in [-0.15, -0.1) is 0 Å². The highest BCUT2D eigenvalue weighted by Gasteiger charge is 2.41. The number of aryl methyl sites for hydroxylation is 1. The largest absolute Gasteiger partial charge is 0.470 e. The van der Waals surface area contributed by atoms with E-state index in [9.17, 15) is 9.90 Å². The average Bonchev–Trinajstić information content (AvgIpc) is 3.29. The molecule has 1 aliphatic carbocycles. The van der Waals surface area contributed by atoms with Gasteiger partial charge in [-0.05, 0) is 75.4 Å². The second-order valence-corrected chi connectivity index (χ2v) is 10.8. The molecule has 196 valence electrons. The van der Waals surface area contributed by atoms with Crippen molar-refractivity contribution in [1.29, 1.82) is 0 Å². The van der Waals surface area contributed by atoms with Crippen LogP contribution in [-0.2, 0) is 6.54 Å². The van der Waals surface area contributed by atoms with Crippen LogP contribution in [0.1, 0.15) is 54.2 Å². The molecule has 1 atom stereocenters. The summed E-state index contributed by atoms with van der Waals surface area (Å²) in [6.07, 6.45) is 6.89. The zero-order valence-electron chi connectivity index (χ0n) is 21.4. The minimum absolute atomic E-state index is 0.0426. The van der Waals surface area contributed by atoms with Gasteiger partial charge in [0.2, 0.25) is 5.88 Å². The van der Waals surface area contributed by atoms with Crippen LogP contribution >= 0.6 is 11.6 Å². The van der Waals surface area contributed by atoms with Gasteiger partial charge in [-0.2, -0.15) is 4.98 Å². The van der Waals surface area contributed by atoms with Gasteiger partial charge in [-0.1, -0.05) is 11.6 Å². The predicted molar refractivity (Wildman–Crippen MR) is 143 cm³/mol. The summed E-state index contributed by atoms with van der Waals surface area (Å²) >= 11 is 6.81. The van der Waals surface area contributed by atoms with Gasteiger partial charge in [0.05, 0.1) is 29.9 Å². The van der Waals surface area contributed by atoms with Crippen molar-refractivity contribution in [3.8, 4) is 17.3 Å². The number of ether oxygens (including phenoxy) is 1. The van der Waals surface area contributed by atoms with Gasteiger partial charge in [0.15, 0.2) is 11.2 Å². The van der Waals surface area contributed by atoms with Crippen molar-refractivity contribution in [2.75, 3.05) is 13.2 Å². The maximum Gasteiger partial charge on any atom is 0.254 e. The highest BCUT2D eigenvalue weighted by atomic mass is 35.5. The maximum absolute atomic E-state index is 13.2. The minimum Gasteiger partial charge on any atom is -0.470 e. The first-order valence-electron chi connectivity index (χ1n) is 12.9. The number of hydrogen-bond donors (Lipinski definition) is 1. The number of pyridine rings is 1. The van der Waals surface area contributed by atoms with Crippen LogP contribution in [0.25, 0.3) is 22.6 Å². The first kappa shape index (κ1) is 24.8. The van der Waals surface area contributed by atoms with E-state index in [-0.39, 0.29) is 24.2 Å². The summed E-state index contributed by atoms with van der Waals surface area (Å²) in [4.78, 5) is 33.3. The molecule has 0 bridgehead atoms. The Kier molecular flexibility index (Phi) is 6.28. The second kappa shape index (κ2) is 9.63. The fourth-order valence-electron chi connectivity index (χ4n) is 4.99. The molecule has 1 aliphatic heterocycles. The molecule has 4 heterocycles. The summed E-state index contributed by atoms with van der Waals surface area (Å²) in [5.74, 6) is 0.902. The number of halogens is 1. The van der Waals surface area contributed by atoms with Crippen LogP contribution in [0.4, 0.5) is 0 Å². The summed E-state index contributed by atoms with van der Waals surface area (Å²) in [5.41, 5.74) is 4.05. The van der Waals surface area contributed by atoms with Gasteiger partial charge in [0.1, 0.15) is 17.8 Å². The predicted octanol–water partition coefficient (Wildman–Crippen LogP) is 4.43. The minimum atomic E-state index is -0.231. The number of likely N-dealkylation sites (tertiary alicyclic amines) is 1. The third-order valence-corrected chi connectivity index (χ3v) is 7.71. The number of rotatable bonds is 7. The SMILES string of the molecule is Cc1ccnc(Cn2c(-c3ccc(C(=O)N4CCC[C@@H]4CO)cc3Cl)nc3c(OC4(C)CC4)ncnc32)c1. The lowest BCUT2D eigenvalue weighted by atomic mass is 10.1. The molecule has 0 spiro atoms. The van der Waals surface area contributed by atoms with E-state index >= 15 is 0 Å². The van der Waals surface area contributed by atoms with Crippen LogP contribution in [-0.4, -0.2) is 65.2 Å². The zero-order valence-corrected chi connectivity index (χ0v) is 22.1. The van der Waals surface area contributed by atoms with Crippen molar-refractivity contribution < 1.29 is 14.6 Å². The molecule has 4 aromatic rings. The molecule has 9 nitrogen and oxygen atoms in total. The quantitative estimate of drug-likeness (QED) is 0.375. The van der Waals surface area contributed by atoms with Crippen LogP contribution in [0.15, 0.2) is 42.9 Å². The van der Waals surface area contributed by atoms with Crippen LogP contribution < -0.4 is 4.74 Å². The topological polar surface area (TPSA) is 106 Å².